The second kappa shape index (κ2) is 9.60. The Morgan fingerprint density at radius 1 is 1.07 bits per heavy atom. The molecule has 0 fully saturated rings. The summed E-state index contributed by atoms with van der Waals surface area (Å²) < 4.78 is 10.8. The molecule has 0 bridgehead atoms. The number of carbonyl (C=O) groups excluding carboxylic acids is 1. The number of ether oxygens (including phenoxy) is 2. The van der Waals surface area contributed by atoms with Gasteiger partial charge in [-0.2, -0.15) is 0 Å². The van der Waals surface area contributed by atoms with Crippen molar-refractivity contribution in [2.24, 2.45) is 0 Å². The minimum Gasteiger partial charge on any atom is -0.493 e. The Bertz CT molecular complexity index is 802. The van der Waals surface area contributed by atoms with Crippen molar-refractivity contribution in [1.82, 2.24) is 0 Å². The van der Waals surface area contributed by atoms with Gasteiger partial charge in [-0.15, -0.1) is 0 Å². The SMILES string of the molecule is CCCCc1ccc(NC(=O)C[NH+]2CCc3cc(OC)c(OC)cc3C2)cc1. The molecule has 2 aromatic rings. The standard InChI is InChI=1S/C23H30N2O3/c1-4-5-6-17-7-9-20(10-8-17)24-23(26)16-25-12-11-18-13-21(27-2)22(28-3)14-19(18)15-25/h7-10,13-14H,4-6,11-12,15-16H2,1-3H3,(H,24,26)/p+1. The molecule has 1 aliphatic rings. The van der Waals surface area contributed by atoms with Gasteiger partial charge in [0.25, 0.3) is 5.91 Å². The maximum Gasteiger partial charge on any atom is 0.279 e. The van der Waals surface area contributed by atoms with Gasteiger partial charge in [-0.25, -0.2) is 0 Å². The summed E-state index contributed by atoms with van der Waals surface area (Å²) in [6.45, 7) is 4.42. The van der Waals surface area contributed by atoms with E-state index in [1.54, 1.807) is 14.2 Å². The highest BCUT2D eigenvalue weighted by Gasteiger charge is 2.24. The number of aryl methyl sites for hydroxylation is 1. The van der Waals surface area contributed by atoms with Gasteiger partial charge in [-0.1, -0.05) is 25.5 Å². The maximum atomic E-state index is 12.5. The lowest BCUT2D eigenvalue weighted by Crippen LogP contribution is -3.12. The van der Waals surface area contributed by atoms with Crippen LogP contribution in [0.3, 0.4) is 0 Å². The third-order valence-corrected chi connectivity index (χ3v) is 5.36. The molecular weight excluding hydrogens is 352 g/mol. The molecule has 1 amide bonds. The highest BCUT2D eigenvalue weighted by Crippen LogP contribution is 2.31. The van der Waals surface area contributed by atoms with E-state index in [1.165, 1.54) is 34.4 Å². The van der Waals surface area contributed by atoms with Crippen LogP contribution in [0.5, 0.6) is 11.5 Å². The third-order valence-electron chi connectivity index (χ3n) is 5.36. The average Bonchev–Trinajstić information content (AvgIpc) is 2.72. The summed E-state index contributed by atoms with van der Waals surface area (Å²) >= 11 is 0. The fourth-order valence-electron chi connectivity index (χ4n) is 3.75. The summed E-state index contributed by atoms with van der Waals surface area (Å²) in [5.74, 6) is 1.57. The molecule has 0 aliphatic carbocycles. The minimum absolute atomic E-state index is 0.0558. The summed E-state index contributed by atoms with van der Waals surface area (Å²) in [7, 11) is 3.31. The van der Waals surface area contributed by atoms with Crippen molar-refractivity contribution in [3.8, 4) is 11.5 Å². The number of rotatable bonds is 8. The second-order valence-corrected chi connectivity index (χ2v) is 7.43. The van der Waals surface area contributed by atoms with Gasteiger partial charge in [0.15, 0.2) is 18.0 Å². The number of methoxy groups -OCH3 is 2. The van der Waals surface area contributed by atoms with Gasteiger partial charge in [-0.3, -0.25) is 4.79 Å². The summed E-state index contributed by atoms with van der Waals surface area (Å²) in [6, 6.07) is 12.3. The Hall–Kier alpha value is -2.53. The van der Waals surface area contributed by atoms with E-state index in [4.69, 9.17) is 9.47 Å². The Morgan fingerprint density at radius 2 is 1.75 bits per heavy atom. The summed E-state index contributed by atoms with van der Waals surface area (Å²) in [5.41, 5.74) is 4.70. The van der Waals surface area contributed by atoms with Gasteiger partial charge >= 0.3 is 0 Å². The lowest BCUT2D eigenvalue weighted by atomic mass is 9.99. The quantitative estimate of drug-likeness (QED) is 0.737. The third kappa shape index (κ3) is 5.04. The van der Waals surface area contributed by atoms with Crippen LogP contribution in [0.1, 0.15) is 36.5 Å². The molecule has 5 nitrogen and oxygen atoms in total. The fourth-order valence-corrected chi connectivity index (χ4v) is 3.75. The second-order valence-electron chi connectivity index (χ2n) is 7.43. The largest absolute Gasteiger partial charge is 0.493 e. The maximum absolute atomic E-state index is 12.5. The molecular formula is C23H31N2O3+. The molecule has 2 N–H and O–H groups in total. The van der Waals surface area contributed by atoms with Crippen molar-refractivity contribution in [3.05, 3.63) is 53.1 Å². The molecule has 1 unspecified atom stereocenters. The Labute approximate surface area is 167 Å². The molecule has 1 atom stereocenters. The number of unbranched alkanes of at least 4 members (excludes halogenated alkanes) is 1. The number of nitrogens with one attached hydrogen (secondary N) is 2. The van der Waals surface area contributed by atoms with E-state index < -0.39 is 0 Å². The zero-order valence-electron chi connectivity index (χ0n) is 17.1. The number of amides is 1. The van der Waals surface area contributed by atoms with Gasteiger partial charge in [0, 0.05) is 17.7 Å². The Kier molecular flexibility index (Phi) is 6.93. The molecule has 0 aromatic heterocycles. The first-order chi connectivity index (χ1) is 13.6. The van der Waals surface area contributed by atoms with Gasteiger partial charge in [0.05, 0.1) is 20.8 Å². The van der Waals surface area contributed by atoms with Crippen LogP contribution in [0, 0.1) is 0 Å². The zero-order chi connectivity index (χ0) is 19.9. The molecule has 150 valence electrons. The van der Waals surface area contributed by atoms with E-state index in [9.17, 15) is 4.79 Å². The number of hydrogen-bond acceptors (Lipinski definition) is 3. The highest BCUT2D eigenvalue weighted by molar-refractivity contribution is 5.91. The average molecular weight is 384 g/mol. The Balaban J connectivity index is 1.57. The lowest BCUT2D eigenvalue weighted by Gasteiger charge is -2.26. The number of carbonyl (C=O) groups is 1. The van der Waals surface area contributed by atoms with Crippen molar-refractivity contribution in [2.75, 3.05) is 32.6 Å². The highest BCUT2D eigenvalue weighted by atomic mass is 16.5. The number of benzene rings is 2. The molecule has 28 heavy (non-hydrogen) atoms. The van der Waals surface area contributed by atoms with E-state index in [1.807, 2.05) is 18.2 Å². The molecule has 0 spiro atoms. The van der Waals surface area contributed by atoms with E-state index in [0.717, 1.165) is 43.1 Å². The van der Waals surface area contributed by atoms with Crippen LogP contribution in [-0.2, 0) is 24.2 Å². The van der Waals surface area contributed by atoms with Crippen LogP contribution in [0.25, 0.3) is 0 Å². The van der Waals surface area contributed by atoms with E-state index >= 15 is 0 Å². The van der Waals surface area contributed by atoms with Crippen LogP contribution in [0.4, 0.5) is 5.69 Å². The van der Waals surface area contributed by atoms with Crippen LogP contribution in [-0.4, -0.2) is 33.2 Å². The molecule has 3 rings (SSSR count). The normalized spacial score (nSPS) is 15.6. The first kappa shape index (κ1) is 20.2. The van der Waals surface area contributed by atoms with Crippen molar-refractivity contribution in [2.45, 2.75) is 39.2 Å². The van der Waals surface area contributed by atoms with Crippen molar-refractivity contribution < 1.29 is 19.2 Å². The van der Waals surface area contributed by atoms with Crippen LogP contribution >= 0.6 is 0 Å². The molecule has 1 heterocycles. The summed E-state index contributed by atoms with van der Waals surface area (Å²) in [5, 5.41) is 3.03. The molecule has 2 aromatic carbocycles. The van der Waals surface area contributed by atoms with Crippen LogP contribution in [0.15, 0.2) is 36.4 Å². The molecule has 0 saturated carbocycles. The van der Waals surface area contributed by atoms with Crippen molar-refractivity contribution in [1.29, 1.82) is 0 Å². The first-order valence-electron chi connectivity index (χ1n) is 10.1. The topological polar surface area (TPSA) is 52.0 Å². The smallest absolute Gasteiger partial charge is 0.279 e. The number of anilines is 1. The van der Waals surface area contributed by atoms with E-state index in [2.05, 4.69) is 30.4 Å². The molecule has 0 radical (unpaired) electrons. The van der Waals surface area contributed by atoms with Gasteiger partial charge in [0.1, 0.15) is 6.54 Å². The van der Waals surface area contributed by atoms with Gasteiger partial charge in [-0.05, 0) is 48.2 Å². The molecule has 1 aliphatic heterocycles. The molecule has 5 heteroatoms. The lowest BCUT2D eigenvalue weighted by molar-refractivity contribution is -0.907. The number of quaternary nitrogens is 1. The van der Waals surface area contributed by atoms with Gasteiger partial charge in [0.2, 0.25) is 0 Å². The van der Waals surface area contributed by atoms with Gasteiger partial charge < -0.3 is 19.7 Å². The Morgan fingerprint density at radius 3 is 2.39 bits per heavy atom. The predicted octanol–water partition coefficient (Wildman–Crippen LogP) is 2.63. The fraction of sp³-hybridized carbons (Fsp3) is 0.435. The minimum atomic E-state index is 0.0558. The van der Waals surface area contributed by atoms with Crippen LogP contribution in [0.2, 0.25) is 0 Å². The van der Waals surface area contributed by atoms with E-state index in [-0.39, 0.29) is 5.91 Å². The monoisotopic (exact) mass is 383 g/mol. The molecule has 0 saturated heterocycles. The predicted molar refractivity (Wildman–Crippen MR) is 111 cm³/mol. The van der Waals surface area contributed by atoms with Crippen molar-refractivity contribution >= 4 is 11.6 Å². The first-order valence-corrected chi connectivity index (χ1v) is 10.1. The summed E-state index contributed by atoms with van der Waals surface area (Å²) in [4.78, 5) is 13.8. The number of fused-ring (bicyclic) bond motifs is 1. The zero-order valence-corrected chi connectivity index (χ0v) is 17.1. The number of hydrogen-bond donors (Lipinski definition) is 2. The van der Waals surface area contributed by atoms with Crippen molar-refractivity contribution in [3.63, 3.8) is 0 Å². The summed E-state index contributed by atoms with van der Waals surface area (Å²) in [6.07, 6.45) is 4.42. The van der Waals surface area contributed by atoms with Crippen LogP contribution < -0.4 is 19.7 Å². The van der Waals surface area contributed by atoms with E-state index in [0.29, 0.717) is 6.54 Å².